The van der Waals surface area contributed by atoms with Crippen LogP contribution in [0.5, 0.6) is 0 Å². The van der Waals surface area contributed by atoms with Gasteiger partial charge in [-0.15, -0.1) is 0 Å². The average molecular weight is 482 g/mol. The molecule has 0 saturated carbocycles. The van der Waals surface area contributed by atoms with Crippen molar-refractivity contribution in [2.75, 3.05) is 6.61 Å². The summed E-state index contributed by atoms with van der Waals surface area (Å²) in [6.07, 6.45) is 0.929. The van der Waals surface area contributed by atoms with Crippen LogP contribution in [-0.4, -0.2) is 31.6 Å². The Balaban J connectivity index is 0.000000248. The largest absolute Gasteiger partial charge is 0.744 e. The molecule has 0 spiro atoms. The molecule has 0 bridgehead atoms. The smallest absolute Gasteiger partial charge is 0.365 e. The number of hydrogen-bond acceptors (Lipinski definition) is 5. The first-order valence-electron chi connectivity index (χ1n) is 11.3. The lowest BCUT2D eigenvalue weighted by Gasteiger charge is -2.17. The Kier molecular flexibility index (Phi) is 8.25. The van der Waals surface area contributed by atoms with Crippen molar-refractivity contribution in [1.82, 2.24) is 0 Å². The molecule has 3 N–H and O–H groups in total. The molecular weight excluding hydrogens is 450 g/mol. The van der Waals surface area contributed by atoms with Gasteiger partial charge in [0.05, 0.1) is 4.90 Å². The molecule has 34 heavy (non-hydrogen) atoms. The number of carbonyl (C=O) groups excluding carboxylic acids is 1. The van der Waals surface area contributed by atoms with E-state index in [2.05, 4.69) is 49.1 Å². The lowest BCUT2D eigenvalue weighted by molar-refractivity contribution is -0.420. The number of carbonyl (C=O) groups is 1. The monoisotopic (exact) mass is 481 g/mol. The summed E-state index contributed by atoms with van der Waals surface area (Å²) in [6.45, 7) is 6.31. The molecule has 0 amide bonds. The first-order valence-corrected chi connectivity index (χ1v) is 12.7. The number of benzene rings is 3. The van der Waals surface area contributed by atoms with Crippen LogP contribution in [0.25, 0.3) is 11.1 Å². The molecule has 0 heterocycles. The van der Waals surface area contributed by atoms with Crippen LogP contribution in [0, 0.1) is 12.8 Å². The van der Waals surface area contributed by atoms with Crippen molar-refractivity contribution >= 4 is 16.1 Å². The molecule has 2 unspecified atom stereocenters. The van der Waals surface area contributed by atoms with Crippen molar-refractivity contribution in [3.05, 3.63) is 89.5 Å². The van der Waals surface area contributed by atoms with Gasteiger partial charge in [0.15, 0.2) is 6.04 Å². The normalized spacial score (nSPS) is 14.3. The Morgan fingerprint density at radius 2 is 1.47 bits per heavy atom. The topological polar surface area (TPSA) is 111 Å². The van der Waals surface area contributed by atoms with Crippen LogP contribution in [0.4, 0.5) is 0 Å². The molecule has 0 fully saturated rings. The van der Waals surface area contributed by atoms with E-state index >= 15 is 0 Å². The third kappa shape index (κ3) is 5.91. The van der Waals surface area contributed by atoms with Crippen LogP contribution in [0.1, 0.15) is 42.9 Å². The maximum absolute atomic E-state index is 12.2. The van der Waals surface area contributed by atoms with Gasteiger partial charge in [-0.1, -0.05) is 80.1 Å². The van der Waals surface area contributed by atoms with E-state index in [0.717, 1.165) is 12.0 Å². The first kappa shape index (κ1) is 25.6. The number of hydrogen-bond donors (Lipinski definition) is 1. The molecule has 3 aromatic carbocycles. The maximum Gasteiger partial charge on any atom is 0.365 e. The summed E-state index contributed by atoms with van der Waals surface area (Å²) in [6, 6.07) is 22.2. The van der Waals surface area contributed by atoms with Gasteiger partial charge in [-0.3, -0.25) is 0 Å². The number of esters is 1. The molecule has 180 valence electrons. The second-order valence-electron chi connectivity index (χ2n) is 8.62. The Hall–Kier alpha value is -3.00. The number of ether oxygens (including phenoxy) is 1. The standard InChI is InChI=1S/C20H23NO2.C7H8O3S/c1-3-13(2)19(21)20(22)23-12-18-16-10-6-4-8-14(16)15-9-5-7-11-17(15)18;1-6-2-4-7(5-3-6)11(8,9)10/h4-11,13,18-19H,3,12,21H2,1-2H3;2-5H,1H3,(H,8,9,10). The highest BCUT2D eigenvalue weighted by Crippen LogP contribution is 2.44. The van der Waals surface area contributed by atoms with E-state index < -0.39 is 10.1 Å². The molecule has 0 aromatic heterocycles. The van der Waals surface area contributed by atoms with Gasteiger partial charge >= 0.3 is 5.97 Å². The van der Waals surface area contributed by atoms with E-state index in [4.69, 9.17) is 4.74 Å². The second-order valence-corrected chi connectivity index (χ2v) is 10.00. The summed E-state index contributed by atoms with van der Waals surface area (Å²) in [5.41, 5.74) is 9.87. The van der Waals surface area contributed by atoms with Crippen LogP contribution in [0.15, 0.2) is 77.7 Å². The zero-order valence-corrected chi connectivity index (χ0v) is 20.5. The second kappa shape index (κ2) is 11.0. The zero-order valence-electron chi connectivity index (χ0n) is 19.7. The van der Waals surface area contributed by atoms with Crippen LogP contribution in [-0.2, 0) is 19.6 Å². The third-order valence-electron chi connectivity index (χ3n) is 6.30. The van der Waals surface area contributed by atoms with E-state index in [0.29, 0.717) is 6.61 Å². The Labute approximate surface area is 201 Å². The fourth-order valence-corrected chi connectivity index (χ4v) is 4.40. The number of rotatable bonds is 6. The number of quaternary nitrogens is 1. The fourth-order valence-electron chi connectivity index (χ4n) is 3.93. The van der Waals surface area contributed by atoms with Crippen molar-refractivity contribution in [1.29, 1.82) is 0 Å². The Morgan fingerprint density at radius 3 is 1.94 bits per heavy atom. The van der Waals surface area contributed by atoms with E-state index in [9.17, 15) is 17.8 Å². The molecule has 3 aromatic rings. The minimum absolute atomic E-state index is 0.121. The minimum Gasteiger partial charge on any atom is -0.744 e. The minimum atomic E-state index is -4.27. The van der Waals surface area contributed by atoms with E-state index in [1.165, 1.54) is 34.4 Å². The molecule has 1 aliphatic rings. The highest BCUT2D eigenvalue weighted by Gasteiger charge is 2.31. The Morgan fingerprint density at radius 1 is 0.971 bits per heavy atom. The van der Waals surface area contributed by atoms with Crippen LogP contribution >= 0.6 is 0 Å². The fraction of sp³-hybridized carbons (Fsp3) is 0.296. The van der Waals surface area contributed by atoms with Gasteiger partial charge in [0, 0.05) is 11.8 Å². The molecule has 0 radical (unpaired) electrons. The predicted molar refractivity (Wildman–Crippen MR) is 130 cm³/mol. The summed E-state index contributed by atoms with van der Waals surface area (Å²) >= 11 is 0. The molecule has 0 saturated heterocycles. The zero-order chi connectivity index (χ0) is 24.9. The van der Waals surface area contributed by atoms with Crippen molar-refractivity contribution < 1.29 is 28.2 Å². The summed E-state index contributed by atoms with van der Waals surface area (Å²) in [7, 11) is -4.27. The third-order valence-corrected chi connectivity index (χ3v) is 7.15. The van der Waals surface area contributed by atoms with Crippen LogP contribution in [0.2, 0.25) is 0 Å². The summed E-state index contributed by atoms with van der Waals surface area (Å²) < 4.78 is 36.8. The van der Waals surface area contributed by atoms with Crippen LogP contribution in [0.3, 0.4) is 0 Å². The summed E-state index contributed by atoms with van der Waals surface area (Å²) in [5.74, 6) is 0.169. The highest BCUT2D eigenvalue weighted by molar-refractivity contribution is 7.85. The van der Waals surface area contributed by atoms with E-state index in [1.807, 2.05) is 26.0 Å². The van der Waals surface area contributed by atoms with Gasteiger partial charge < -0.3 is 15.0 Å². The molecule has 0 aliphatic heterocycles. The molecule has 1 aliphatic carbocycles. The van der Waals surface area contributed by atoms with E-state index in [-0.39, 0.29) is 28.7 Å². The summed E-state index contributed by atoms with van der Waals surface area (Å²) in [5, 5.41) is 0. The first-order chi connectivity index (χ1) is 16.1. The van der Waals surface area contributed by atoms with Gasteiger partial charge in [0.25, 0.3) is 0 Å². The molecule has 2 atom stereocenters. The van der Waals surface area contributed by atoms with Crippen LogP contribution < -0.4 is 5.73 Å². The van der Waals surface area contributed by atoms with Crippen molar-refractivity contribution in [3.63, 3.8) is 0 Å². The molecule has 4 rings (SSSR count). The van der Waals surface area contributed by atoms with Gasteiger partial charge in [0.1, 0.15) is 16.7 Å². The van der Waals surface area contributed by atoms with Gasteiger partial charge in [-0.25, -0.2) is 13.2 Å². The van der Waals surface area contributed by atoms with Gasteiger partial charge in [0.2, 0.25) is 0 Å². The Bertz CT molecular complexity index is 1190. The lowest BCUT2D eigenvalue weighted by Crippen LogP contribution is -2.68. The van der Waals surface area contributed by atoms with E-state index in [1.54, 1.807) is 12.1 Å². The van der Waals surface area contributed by atoms with Crippen molar-refractivity contribution in [2.45, 2.75) is 44.0 Å². The number of fused-ring (bicyclic) bond motifs is 3. The maximum atomic E-state index is 12.2. The highest BCUT2D eigenvalue weighted by atomic mass is 32.2. The summed E-state index contributed by atoms with van der Waals surface area (Å²) in [4.78, 5) is 12.1. The molecule has 7 heteroatoms. The predicted octanol–water partition coefficient (Wildman–Crippen LogP) is 3.90. The van der Waals surface area contributed by atoms with Gasteiger partial charge in [-0.05, 0) is 47.7 Å². The molecular formula is C27H31NO5S. The lowest BCUT2D eigenvalue weighted by atomic mass is 9.97. The average Bonchev–Trinajstić information content (AvgIpc) is 3.15. The molecule has 6 nitrogen and oxygen atoms in total. The van der Waals surface area contributed by atoms with Crippen molar-refractivity contribution in [3.8, 4) is 11.1 Å². The quantitative estimate of drug-likeness (QED) is 0.424. The number of aryl methyl sites for hydroxylation is 1. The van der Waals surface area contributed by atoms with Gasteiger partial charge in [-0.2, -0.15) is 0 Å². The van der Waals surface area contributed by atoms with Crippen molar-refractivity contribution in [2.24, 2.45) is 5.92 Å². The SMILES string of the molecule is CCC(C)C([NH3+])C(=O)OCC1c2ccccc2-c2ccccc21.Cc1ccc(S(=O)(=O)[O-])cc1.